The van der Waals surface area contributed by atoms with Gasteiger partial charge in [0.15, 0.2) is 69.0 Å². The molecular weight excluding hydrogens is 1780 g/mol. The van der Waals surface area contributed by atoms with E-state index in [2.05, 4.69) is 27.7 Å². The lowest BCUT2D eigenvalue weighted by Gasteiger charge is -2.47. The Morgan fingerprint density at radius 2 is 0.426 bits per heavy atom. The lowest BCUT2D eigenvalue weighted by atomic mass is 9.75. The molecular formula is C117H180N6O18. The number of hydrogen-bond donors (Lipinski definition) is 6. The first-order valence-electron chi connectivity index (χ1n) is 70.2. The van der Waals surface area contributed by atoms with Gasteiger partial charge in [-0.1, -0.05) is 103 Å². The Morgan fingerprint density at radius 1 is 0.270 bits per heavy atom. The molecule has 6 N–H and O–H groups in total. The standard InChI is InChI=1S/3C20H31NO3.3C19H29NO3/c3*1-20(2,3)11-14-12-21-7-6-13-8-18(23-4)19(24-5)9-15(13)16(21)10-17(14)22;3*1-12(2)7-14-11-20-6-5-13-8-18(22-3)19(23-4)9-15(13)16(20)10-17(14)21/h3*8-9,14,16-17,22H,6-7,10-12H2,1-5H3;3*8-9,12,14,16-17,21H,5-7,10-11H2,1-4H3/i1D3,2D3,5D3,11D2,12D2;2*1D3,2D3,11D2,12D2;4D3,11D2;2*11D2. The van der Waals surface area contributed by atoms with Crippen LogP contribution in [0.5, 0.6) is 69.0 Å². The van der Waals surface area contributed by atoms with Crippen molar-refractivity contribution in [1.82, 2.24) is 29.4 Å². The van der Waals surface area contributed by atoms with Crippen LogP contribution in [-0.2, 0) is 38.5 Å². The van der Waals surface area contributed by atoms with Gasteiger partial charge in [-0.2, -0.15) is 0 Å². The molecule has 6 fully saturated rings. The number of methoxy groups -OCH3 is 12. The minimum atomic E-state index is -3.35. The molecule has 0 amide bonds. The Morgan fingerprint density at radius 3 is 0.582 bits per heavy atom. The Balaban J connectivity index is 0.000000179. The molecule has 6 aromatic carbocycles. The van der Waals surface area contributed by atoms with Gasteiger partial charge in [0.05, 0.1) is 130 Å². The van der Waals surface area contributed by atoms with Crippen molar-refractivity contribution in [1.29, 1.82) is 0 Å². The highest BCUT2D eigenvalue weighted by Gasteiger charge is 2.47. The van der Waals surface area contributed by atoms with Gasteiger partial charge in [-0.25, -0.2) is 0 Å². The second-order valence-corrected chi connectivity index (χ2v) is 40.5. The molecule has 12 heterocycles. The number of nitrogens with zero attached hydrogens (tertiary/aromatic N) is 6. The van der Waals surface area contributed by atoms with Crippen LogP contribution in [0, 0.1) is 69.5 Å². The summed E-state index contributed by atoms with van der Waals surface area (Å²) in [5.41, 5.74) is 1.61. The van der Waals surface area contributed by atoms with Gasteiger partial charge in [-0.3, -0.25) is 29.4 Å². The SMILES string of the molecule is [2H]C([2H])([2H])Oc1cc2c(cc1OC)CCN1C2CC(O)C(C([2H])([2H])C(C)(C([2H])([2H])[2H])C([2H])([2H])[2H])C1([2H])[2H].[2H]C([2H])([2H])Oc1cc2c(cc1OC)CCN1C2CC(O)C(CC(C)C)C1([2H])[2H].[2H]C1([2H])C(C([2H])([2H])C(C)(C([2H])([2H])[2H])C([2H])([2H])[2H])C(O)CC2c3cc(OC)c(OC)cc3CCN21.[2H]C1([2H])C(C([2H])([2H])C(C)(C([2H])([2H])[2H])C([2H])([2H])[2H])C(O)CC2c3cc(OC)c(OC)cc3CCN21.[2H]C1([2H])C(CC(C)C)C(O)CC2c3cc(OC)c(OC)cc3CCN21.[2H]C1([2H])C(CC(C)C)C(O)CC2c3cc(OC)c(OC)cc3CCN21. The van der Waals surface area contributed by atoms with E-state index in [1.54, 1.807) is 70.9 Å². The average Bonchev–Trinajstić information content (AvgIpc) is 0.694. The van der Waals surface area contributed by atoms with E-state index in [4.69, 9.17) is 114 Å². The zero-order valence-corrected chi connectivity index (χ0v) is 85.2. The third-order valence-corrected chi connectivity index (χ3v) is 28.6. The molecule has 18 atom stereocenters. The summed E-state index contributed by atoms with van der Waals surface area (Å²) in [4.78, 5) is 9.78. The molecule has 24 heteroatoms. The number of fused-ring (bicyclic) bond motifs is 18. The van der Waals surface area contributed by atoms with Gasteiger partial charge in [0.2, 0.25) is 0 Å². The van der Waals surface area contributed by atoms with Crippen LogP contribution in [0.3, 0.4) is 0 Å². The van der Waals surface area contributed by atoms with Crippen LogP contribution in [0.25, 0.3) is 0 Å². The van der Waals surface area contributed by atoms with Crippen molar-refractivity contribution in [3.63, 3.8) is 0 Å². The molecule has 18 rings (SSSR count). The van der Waals surface area contributed by atoms with Crippen LogP contribution < -0.4 is 56.8 Å². The van der Waals surface area contributed by atoms with Crippen molar-refractivity contribution < 1.29 is 145 Å². The van der Waals surface area contributed by atoms with Crippen molar-refractivity contribution in [3.8, 4) is 69.0 Å². The van der Waals surface area contributed by atoms with Gasteiger partial charge in [-0.05, 0) is 324 Å². The van der Waals surface area contributed by atoms with Gasteiger partial charge in [0.1, 0.15) is 0 Å². The summed E-state index contributed by atoms with van der Waals surface area (Å²) in [6.45, 7) is -15.3. The maximum Gasteiger partial charge on any atom is 0.161 e. The summed E-state index contributed by atoms with van der Waals surface area (Å²) >= 11 is 0. The van der Waals surface area contributed by atoms with E-state index in [1.165, 1.54) is 63.4 Å². The molecule has 6 aromatic rings. The third-order valence-electron chi connectivity index (χ3n) is 28.6. The smallest absolute Gasteiger partial charge is 0.161 e. The van der Waals surface area contributed by atoms with Crippen molar-refractivity contribution in [3.05, 3.63) is 140 Å². The van der Waals surface area contributed by atoms with E-state index in [0.29, 0.717) is 163 Å². The van der Waals surface area contributed by atoms with E-state index in [9.17, 15) is 30.6 Å². The minimum Gasteiger partial charge on any atom is -0.493 e. The van der Waals surface area contributed by atoms with Gasteiger partial charge in [0.25, 0.3) is 0 Å². The molecule has 18 unspecified atom stereocenters. The number of aliphatic hydroxyl groups excluding tert-OH is 6. The van der Waals surface area contributed by atoms with Crippen molar-refractivity contribution in [2.24, 2.45) is 69.5 Å². The monoisotopic (exact) mass is 2000 g/mol. The Hall–Kier alpha value is -7.56. The van der Waals surface area contributed by atoms with Crippen molar-refractivity contribution >= 4 is 0 Å². The lowest BCUT2D eigenvalue weighted by molar-refractivity contribution is -0.0259. The molecule has 0 aromatic heterocycles. The molecule has 0 aliphatic carbocycles. The number of ether oxygens (including phenoxy) is 12. The molecule has 0 saturated carbocycles. The largest absolute Gasteiger partial charge is 0.493 e. The van der Waals surface area contributed by atoms with Gasteiger partial charge >= 0.3 is 0 Å². The van der Waals surface area contributed by atoms with E-state index in [-0.39, 0.29) is 98.4 Å². The highest BCUT2D eigenvalue weighted by atomic mass is 16.5. The van der Waals surface area contributed by atoms with Gasteiger partial charge < -0.3 is 87.5 Å². The van der Waals surface area contributed by atoms with Crippen LogP contribution in [0.2, 0.25) is 0 Å². The average molecular weight is 2000 g/mol. The van der Waals surface area contributed by atoms with Crippen LogP contribution in [-0.4, -0.2) is 260 Å². The molecule has 6 saturated heterocycles. The molecule has 24 nitrogen and oxygen atoms in total. The molecule has 12 aliphatic heterocycles. The molecule has 0 spiro atoms. The van der Waals surface area contributed by atoms with Crippen LogP contribution in [0.15, 0.2) is 72.8 Å². The third kappa shape index (κ3) is 26.9. The number of aliphatic hydroxyl groups is 6. The normalized spacial score (nSPS) is 35.0. The van der Waals surface area contributed by atoms with Crippen molar-refractivity contribution in [2.75, 3.05) is 163 Å². The fraction of sp³-hybridized carbons (Fsp3) is 0.692. The zero-order valence-electron chi connectivity index (χ0n) is 127. The number of hydrogen-bond acceptors (Lipinski definition) is 24. The Bertz CT molecular complexity index is 6640. The van der Waals surface area contributed by atoms with E-state index >= 15 is 0 Å². The number of piperidine rings is 6. The van der Waals surface area contributed by atoms with Crippen LogP contribution in [0.4, 0.5) is 0 Å². The fourth-order valence-electron chi connectivity index (χ4n) is 21.9. The number of rotatable bonds is 21. The van der Waals surface area contributed by atoms with Crippen molar-refractivity contribution in [2.45, 2.75) is 292 Å². The van der Waals surface area contributed by atoms with E-state index in [0.717, 1.165) is 78.1 Å². The minimum absolute atomic E-state index is 0.0465. The van der Waals surface area contributed by atoms with Crippen LogP contribution >= 0.6 is 0 Å². The quantitative estimate of drug-likeness (QED) is 0.0392. The summed E-state index contributed by atoms with van der Waals surface area (Å²) < 4.78 is 408. The lowest BCUT2D eigenvalue weighted by Crippen LogP contribution is -2.48. The number of benzene rings is 6. The maximum absolute atomic E-state index is 11.1. The van der Waals surface area contributed by atoms with E-state index < -0.39 is 208 Å². The predicted molar refractivity (Wildman–Crippen MR) is 561 cm³/mol. The molecule has 786 valence electrons. The first-order valence-corrected chi connectivity index (χ1v) is 49.2. The van der Waals surface area contributed by atoms with E-state index in [1.807, 2.05) is 52.8 Å². The summed E-state index contributed by atoms with van der Waals surface area (Å²) in [5.74, 6) is -0.982. The first-order chi connectivity index (χ1) is 83.7. The Kier molecular flexibility index (Phi) is 22.9. The zero-order chi connectivity index (χ0) is 138. The first kappa shape index (κ1) is 66.6. The summed E-state index contributed by atoms with van der Waals surface area (Å²) in [7, 11) is 9.79. The molecule has 12 aliphatic rings. The summed E-state index contributed by atoms with van der Waals surface area (Å²) in [6, 6.07) is 18.5. The van der Waals surface area contributed by atoms with Gasteiger partial charge in [0, 0.05) is 164 Å². The molecule has 0 bridgehead atoms. The fourth-order valence-corrected chi connectivity index (χ4v) is 21.9. The second-order valence-electron chi connectivity index (χ2n) is 40.5. The maximum atomic E-state index is 11.1. The highest BCUT2D eigenvalue weighted by molar-refractivity contribution is 5.55. The van der Waals surface area contributed by atoms with Gasteiger partial charge in [-0.15, -0.1) is 0 Å². The van der Waals surface area contributed by atoms with Crippen LogP contribution in [0.1, 0.15) is 341 Å². The molecule has 141 heavy (non-hydrogen) atoms. The predicted octanol–water partition coefficient (Wildman–Crippen LogP) is 19.3. The molecule has 0 radical (unpaired) electrons. The summed E-state index contributed by atoms with van der Waals surface area (Å²) in [6.07, 6.45) is -10.3. The Labute approximate surface area is 905 Å². The highest BCUT2D eigenvalue weighted by Crippen LogP contribution is 2.53. The second kappa shape index (κ2) is 48.4. The summed E-state index contributed by atoms with van der Waals surface area (Å²) in [5, 5.41) is 65.5. The topological polar surface area (TPSA) is 252 Å².